The zero-order valence-electron chi connectivity index (χ0n) is 12.4. The molecule has 1 unspecified atom stereocenters. The second-order valence-electron chi connectivity index (χ2n) is 5.30. The highest BCUT2D eigenvalue weighted by Gasteiger charge is 2.31. The molecule has 0 bridgehead atoms. The minimum atomic E-state index is -4.42. The van der Waals surface area contributed by atoms with Crippen LogP contribution in [0.25, 0.3) is 5.82 Å². The van der Waals surface area contributed by atoms with Gasteiger partial charge < -0.3 is 4.74 Å². The van der Waals surface area contributed by atoms with Gasteiger partial charge in [0.15, 0.2) is 11.6 Å². The van der Waals surface area contributed by atoms with Crippen LogP contribution in [0.1, 0.15) is 18.3 Å². The highest BCUT2D eigenvalue weighted by molar-refractivity contribution is 5.26. The number of tetrazole rings is 1. The number of halogens is 3. The monoisotopic (exact) mass is 328 g/mol. The van der Waals surface area contributed by atoms with Crippen LogP contribution in [0, 0.1) is 0 Å². The molecule has 0 aliphatic carbocycles. The molecular formula is C13H15F3N6O. The van der Waals surface area contributed by atoms with Crippen LogP contribution in [0.15, 0.2) is 18.3 Å². The molecule has 0 N–H and O–H groups in total. The van der Waals surface area contributed by atoms with Crippen molar-refractivity contribution >= 4 is 0 Å². The number of pyridine rings is 1. The lowest BCUT2D eigenvalue weighted by Crippen LogP contribution is -2.43. The summed E-state index contributed by atoms with van der Waals surface area (Å²) in [5.74, 6) is 0.768. The highest BCUT2D eigenvalue weighted by atomic mass is 19.4. The van der Waals surface area contributed by atoms with E-state index in [9.17, 15) is 13.2 Å². The van der Waals surface area contributed by atoms with Gasteiger partial charge in [-0.2, -0.15) is 17.9 Å². The largest absolute Gasteiger partial charge is 0.417 e. The Morgan fingerprint density at radius 1 is 1.35 bits per heavy atom. The topological polar surface area (TPSA) is 69.0 Å². The van der Waals surface area contributed by atoms with Crippen molar-refractivity contribution in [2.24, 2.45) is 0 Å². The molecule has 1 aliphatic rings. The molecule has 1 saturated heterocycles. The van der Waals surface area contributed by atoms with E-state index in [1.54, 1.807) is 0 Å². The number of aromatic nitrogens is 5. The van der Waals surface area contributed by atoms with Crippen molar-refractivity contribution in [3.63, 3.8) is 0 Å². The van der Waals surface area contributed by atoms with E-state index in [1.807, 2.05) is 6.92 Å². The second-order valence-corrected chi connectivity index (χ2v) is 5.30. The summed E-state index contributed by atoms with van der Waals surface area (Å²) < 4.78 is 44.5. The smallest absolute Gasteiger partial charge is 0.379 e. The van der Waals surface area contributed by atoms with Gasteiger partial charge in [-0.3, -0.25) is 4.90 Å². The molecule has 0 radical (unpaired) electrons. The number of alkyl halides is 3. The molecule has 3 heterocycles. The SMILES string of the molecule is CC1COCCN1Cc1nnnn1-c1ccc(C(F)(F)F)cn1. The molecule has 2 aromatic heterocycles. The van der Waals surface area contributed by atoms with Crippen LogP contribution >= 0.6 is 0 Å². The fraction of sp³-hybridized carbons (Fsp3) is 0.538. The molecule has 10 heteroatoms. The summed E-state index contributed by atoms with van der Waals surface area (Å²) in [5, 5.41) is 11.4. The third kappa shape index (κ3) is 3.48. The fourth-order valence-corrected chi connectivity index (χ4v) is 2.34. The van der Waals surface area contributed by atoms with Gasteiger partial charge in [-0.1, -0.05) is 0 Å². The Balaban J connectivity index is 1.80. The standard InChI is InChI=1S/C13H15F3N6O/c1-9-8-23-5-4-21(9)7-12-18-19-20-22(12)11-3-2-10(6-17-11)13(14,15)16/h2-3,6,9H,4-5,7-8H2,1H3. The number of hydrogen-bond acceptors (Lipinski definition) is 6. The number of ether oxygens (including phenoxy) is 1. The van der Waals surface area contributed by atoms with Crippen molar-refractivity contribution in [3.8, 4) is 5.82 Å². The van der Waals surface area contributed by atoms with Crippen LogP contribution < -0.4 is 0 Å². The van der Waals surface area contributed by atoms with Crippen molar-refractivity contribution in [3.05, 3.63) is 29.7 Å². The predicted octanol–water partition coefficient (Wildman–Crippen LogP) is 1.30. The summed E-state index contributed by atoms with van der Waals surface area (Å²) in [5.41, 5.74) is -0.808. The lowest BCUT2D eigenvalue weighted by Gasteiger charge is -2.32. The fourth-order valence-electron chi connectivity index (χ4n) is 2.34. The first-order valence-corrected chi connectivity index (χ1v) is 7.08. The third-order valence-corrected chi connectivity index (χ3v) is 3.68. The van der Waals surface area contributed by atoms with Gasteiger partial charge in [0.1, 0.15) is 0 Å². The Kier molecular flexibility index (Phi) is 4.26. The van der Waals surface area contributed by atoms with Gasteiger partial charge in [-0.25, -0.2) is 4.98 Å². The van der Waals surface area contributed by atoms with Gasteiger partial charge in [-0.05, 0) is 29.5 Å². The number of rotatable bonds is 3. The Labute approximate surface area is 130 Å². The van der Waals surface area contributed by atoms with Crippen molar-refractivity contribution in [2.75, 3.05) is 19.8 Å². The first-order chi connectivity index (χ1) is 10.9. The second kappa shape index (κ2) is 6.20. The van der Waals surface area contributed by atoms with Gasteiger partial charge in [0, 0.05) is 18.8 Å². The summed E-state index contributed by atoms with van der Waals surface area (Å²) in [6.07, 6.45) is -3.64. The van der Waals surface area contributed by atoms with Crippen LogP contribution in [-0.4, -0.2) is 55.9 Å². The van der Waals surface area contributed by atoms with Gasteiger partial charge in [-0.15, -0.1) is 5.10 Å². The molecule has 3 rings (SSSR count). The summed E-state index contributed by atoms with van der Waals surface area (Å²) in [4.78, 5) is 5.97. The number of hydrogen-bond donors (Lipinski definition) is 0. The van der Waals surface area contributed by atoms with E-state index in [4.69, 9.17) is 4.74 Å². The van der Waals surface area contributed by atoms with Crippen LogP contribution in [0.4, 0.5) is 13.2 Å². The average molecular weight is 328 g/mol. The molecule has 1 aliphatic heterocycles. The molecule has 23 heavy (non-hydrogen) atoms. The van der Waals surface area contributed by atoms with Crippen molar-refractivity contribution < 1.29 is 17.9 Å². The zero-order chi connectivity index (χ0) is 16.4. The van der Waals surface area contributed by atoms with Crippen molar-refractivity contribution in [1.82, 2.24) is 30.1 Å². The predicted molar refractivity (Wildman–Crippen MR) is 72.6 cm³/mol. The minimum absolute atomic E-state index is 0.217. The van der Waals surface area contributed by atoms with E-state index in [-0.39, 0.29) is 11.9 Å². The van der Waals surface area contributed by atoms with Crippen LogP contribution in [0.2, 0.25) is 0 Å². The Bertz CT molecular complexity index is 656. The molecule has 0 aromatic carbocycles. The molecule has 1 fully saturated rings. The number of nitrogens with zero attached hydrogens (tertiary/aromatic N) is 6. The summed E-state index contributed by atoms with van der Waals surface area (Å²) in [6.45, 7) is 4.50. The van der Waals surface area contributed by atoms with E-state index in [2.05, 4.69) is 25.4 Å². The van der Waals surface area contributed by atoms with E-state index < -0.39 is 11.7 Å². The van der Waals surface area contributed by atoms with Gasteiger partial charge in [0.05, 0.1) is 25.3 Å². The first kappa shape index (κ1) is 15.8. The Hall–Kier alpha value is -2.07. The van der Waals surface area contributed by atoms with E-state index in [0.717, 1.165) is 18.8 Å². The van der Waals surface area contributed by atoms with Crippen LogP contribution in [-0.2, 0) is 17.5 Å². The summed E-state index contributed by atoms with van der Waals surface area (Å²) >= 11 is 0. The normalized spacial score (nSPS) is 19.9. The maximum absolute atomic E-state index is 12.6. The maximum atomic E-state index is 12.6. The molecule has 0 saturated carbocycles. The summed E-state index contributed by atoms with van der Waals surface area (Å²) in [7, 11) is 0. The van der Waals surface area contributed by atoms with E-state index in [0.29, 0.717) is 25.6 Å². The third-order valence-electron chi connectivity index (χ3n) is 3.68. The van der Waals surface area contributed by atoms with E-state index >= 15 is 0 Å². The molecule has 124 valence electrons. The van der Waals surface area contributed by atoms with Crippen LogP contribution in [0.5, 0.6) is 0 Å². The van der Waals surface area contributed by atoms with Crippen molar-refractivity contribution in [1.29, 1.82) is 0 Å². The molecule has 0 amide bonds. The molecular weight excluding hydrogens is 313 g/mol. The Morgan fingerprint density at radius 3 is 2.83 bits per heavy atom. The Morgan fingerprint density at radius 2 is 2.17 bits per heavy atom. The summed E-state index contributed by atoms with van der Waals surface area (Å²) in [6, 6.07) is 2.44. The molecule has 2 aromatic rings. The number of morpholine rings is 1. The van der Waals surface area contributed by atoms with E-state index in [1.165, 1.54) is 10.7 Å². The van der Waals surface area contributed by atoms with Crippen LogP contribution in [0.3, 0.4) is 0 Å². The zero-order valence-corrected chi connectivity index (χ0v) is 12.4. The molecule has 1 atom stereocenters. The van der Waals surface area contributed by atoms with Gasteiger partial charge in [0.2, 0.25) is 0 Å². The maximum Gasteiger partial charge on any atom is 0.417 e. The van der Waals surface area contributed by atoms with Crippen molar-refractivity contribution in [2.45, 2.75) is 25.7 Å². The lowest BCUT2D eigenvalue weighted by molar-refractivity contribution is -0.137. The minimum Gasteiger partial charge on any atom is -0.379 e. The average Bonchev–Trinajstić information content (AvgIpc) is 2.97. The lowest BCUT2D eigenvalue weighted by atomic mass is 10.2. The quantitative estimate of drug-likeness (QED) is 0.846. The molecule has 0 spiro atoms. The first-order valence-electron chi connectivity index (χ1n) is 7.08. The highest BCUT2D eigenvalue weighted by Crippen LogP contribution is 2.28. The van der Waals surface area contributed by atoms with Gasteiger partial charge >= 0.3 is 6.18 Å². The van der Waals surface area contributed by atoms with Gasteiger partial charge in [0.25, 0.3) is 0 Å². The molecule has 7 nitrogen and oxygen atoms in total.